The van der Waals surface area contributed by atoms with Gasteiger partial charge < -0.3 is 9.13 Å². The van der Waals surface area contributed by atoms with Gasteiger partial charge in [-0.2, -0.15) is 0 Å². The Morgan fingerprint density at radius 2 is 0.893 bits per heavy atom. The van der Waals surface area contributed by atoms with Crippen molar-refractivity contribution < 1.29 is 0 Å². The van der Waals surface area contributed by atoms with E-state index in [0.717, 1.165) is 77.2 Å². The maximum absolute atomic E-state index is 8.44. The van der Waals surface area contributed by atoms with Crippen LogP contribution in [0.1, 0.15) is 23.3 Å². The predicted octanol–water partition coefficient (Wildman–Crippen LogP) is 10.4. The lowest BCUT2D eigenvalue weighted by Crippen LogP contribution is -2.04. The first kappa shape index (κ1) is 33.0. The van der Waals surface area contributed by atoms with Crippen molar-refractivity contribution in [3.8, 4) is 45.3 Å². The average Bonchev–Trinajstić information content (AvgIpc) is 3.72. The molecule has 266 valence electrons. The number of hydrogen-bond acceptors (Lipinski definition) is 7. The van der Waals surface area contributed by atoms with Gasteiger partial charge in [-0.05, 0) is 112 Å². The molecule has 10 nitrogen and oxygen atoms in total. The second-order valence-corrected chi connectivity index (χ2v) is 13.9. The van der Waals surface area contributed by atoms with Gasteiger partial charge in [0, 0.05) is 45.1 Å². The molecule has 0 aliphatic rings. The van der Waals surface area contributed by atoms with E-state index in [1.807, 2.05) is 45.9 Å². The van der Waals surface area contributed by atoms with Gasteiger partial charge in [-0.15, -0.1) is 0 Å². The second kappa shape index (κ2) is 12.7. The normalized spacial score (nSPS) is 11.6. The smallest absolute Gasteiger partial charge is 0.197 e. The van der Waals surface area contributed by atoms with Gasteiger partial charge in [0.05, 0.1) is 40.0 Å². The minimum Gasteiger partial charge on any atom is -0.308 e. The molecule has 5 heterocycles. The molecule has 0 amide bonds. The summed E-state index contributed by atoms with van der Waals surface area (Å²) in [6, 6.07) is 37.7. The van der Waals surface area contributed by atoms with Gasteiger partial charge in [0.15, 0.2) is 17.3 Å². The van der Waals surface area contributed by atoms with E-state index in [-0.39, 0.29) is 0 Å². The largest absolute Gasteiger partial charge is 0.308 e. The first-order valence-electron chi connectivity index (χ1n) is 18.3. The van der Waals surface area contributed by atoms with Crippen LogP contribution in [0, 0.1) is 34.3 Å². The Labute approximate surface area is 321 Å². The lowest BCUT2D eigenvalue weighted by Gasteiger charge is -2.20. The fourth-order valence-electron chi connectivity index (χ4n) is 8.01. The number of benzene rings is 5. The van der Waals surface area contributed by atoms with Crippen LogP contribution in [0.2, 0.25) is 0 Å². The Hall–Kier alpha value is -7.64. The maximum Gasteiger partial charge on any atom is 0.197 e. The van der Waals surface area contributed by atoms with E-state index in [0.29, 0.717) is 40.6 Å². The molecule has 0 atom stereocenters. The van der Waals surface area contributed by atoms with Crippen molar-refractivity contribution in [1.29, 1.82) is 0 Å². The number of pyridine rings is 1. The molecule has 0 saturated heterocycles. The van der Waals surface area contributed by atoms with Crippen LogP contribution in [0.3, 0.4) is 0 Å². The Bertz CT molecular complexity index is 3220. The zero-order valence-electron chi connectivity index (χ0n) is 31.0. The Kier molecular flexibility index (Phi) is 7.50. The SMILES string of the molecule is [C-]#[N+]c1cc(-n2c3ccccc3c3cc(-c4nc(C)nc(C)n4)ccc32)c(-n2c3ccccc3c3cc(-c4nc(C)nc(C)n4)ccc32)cc1-c1ccncc1. The molecule has 0 radical (unpaired) electrons. The highest BCUT2D eigenvalue weighted by atomic mass is 15.1. The van der Waals surface area contributed by atoms with Crippen molar-refractivity contribution in [3.05, 3.63) is 156 Å². The number of para-hydroxylation sites is 2. The van der Waals surface area contributed by atoms with Gasteiger partial charge in [-0.25, -0.2) is 34.7 Å². The predicted molar refractivity (Wildman–Crippen MR) is 221 cm³/mol. The molecule has 0 aliphatic carbocycles. The summed E-state index contributed by atoms with van der Waals surface area (Å²) in [6.45, 7) is 16.0. The van der Waals surface area contributed by atoms with E-state index < -0.39 is 0 Å². The van der Waals surface area contributed by atoms with Crippen molar-refractivity contribution >= 4 is 49.3 Å². The van der Waals surface area contributed by atoms with Gasteiger partial charge in [0.2, 0.25) is 0 Å². The summed E-state index contributed by atoms with van der Waals surface area (Å²) in [5.41, 5.74) is 9.94. The third-order valence-corrected chi connectivity index (χ3v) is 10.3. The molecule has 0 fully saturated rings. The van der Waals surface area contributed by atoms with Gasteiger partial charge in [-0.1, -0.05) is 36.4 Å². The van der Waals surface area contributed by atoms with Crippen LogP contribution in [0.25, 0.3) is 93.7 Å². The second-order valence-electron chi connectivity index (χ2n) is 13.9. The standard InChI is InChI=1S/C46H32N10/c1-26-49-27(2)52-45(51-26)31-14-16-41-36(22-31)33-10-6-8-12-39(33)55(41)43-24-35(30-18-20-48-21-19-30)38(47-5)25-44(43)56-40-13-9-7-11-34(40)37-23-32(15-17-42(37)56)46-53-28(3)50-29(4)54-46/h6-25H,1-4H3. The Balaban J connectivity index is 1.30. The van der Waals surface area contributed by atoms with Crippen LogP contribution in [0.5, 0.6) is 0 Å². The van der Waals surface area contributed by atoms with Crippen molar-refractivity contribution in [2.24, 2.45) is 0 Å². The van der Waals surface area contributed by atoms with Gasteiger partial charge in [0.25, 0.3) is 0 Å². The number of fused-ring (bicyclic) bond motifs is 6. The summed E-state index contributed by atoms with van der Waals surface area (Å²) in [7, 11) is 0. The fourth-order valence-corrected chi connectivity index (χ4v) is 8.01. The summed E-state index contributed by atoms with van der Waals surface area (Å²) < 4.78 is 4.60. The summed E-state index contributed by atoms with van der Waals surface area (Å²) in [4.78, 5) is 35.9. The van der Waals surface area contributed by atoms with Crippen LogP contribution in [-0.2, 0) is 0 Å². The number of hydrogen-bond donors (Lipinski definition) is 0. The van der Waals surface area contributed by atoms with Crippen LogP contribution in [0.4, 0.5) is 5.69 Å². The van der Waals surface area contributed by atoms with E-state index in [4.69, 9.17) is 6.57 Å². The minimum atomic E-state index is 0.539. The van der Waals surface area contributed by atoms with E-state index in [1.165, 1.54) is 0 Å². The lowest BCUT2D eigenvalue weighted by molar-refractivity contribution is 0.928. The van der Waals surface area contributed by atoms with E-state index in [2.05, 4.69) is 140 Å². The van der Waals surface area contributed by atoms with E-state index in [1.54, 1.807) is 12.4 Å². The molecule has 0 bridgehead atoms. The van der Waals surface area contributed by atoms with Crippen molar-refractivity contribution in [1.82, 2.24) is 44.0 Å². The summed E-state index contributed by atoms with van der Waals surface area (Å²) >= 11 is 0. The number of aromatic nitrogens is 9. The molecule has 0 N–H and O–H groups in total. The zero-order valence-corrected chi connectivity index (χ0v) is 31.0. The fraction of sp³-hybridized carbons (Fsp3) is 0.0870. The minimum absolute atomic E-state index is 0.539. The first-order valence-corrected chi connectivity index (χ1v) is 18.3. The molecule has 5 aromatic carbocycles. The summed E-state index contributed by atoms with van der Waals surface area (Å²) in [5.74, 6) is 4.00. The van der Waals surface area contributed by atoms with E-state index in [9.17, 15) is 0 Å². The molecule has 0 saturated carbocycles. The van der Waals surface area contributed by atoms with Gasteiger partial charge in [0.1, 0.15) is 23.3 Å². The molecular weight excluding hydrogens is 693 g/mol. The summed E-state index contributed by atoms with van der Waals surface area (Å²) in [5, 5.41) is 4.29. The molecular formula is C46H32N10. The van der Waals surface area contributed by atoms with Gasteiger partial charge >= 0.3 is 0 Å². The Morgan fingerprint density at radius 1 is 0.446 bits per heavy atom. The van der Waals surface area contributed by atoms with Crippen LogP contribution in [0.15, 0.2) is 122 Å². The maximum atomic E-state index is 8.44. The molecule has 56 heavy (non-hydrogen) atoms. The third kappa shape index (κ3) is 5.28. The average molecular weight is 725 g/mol. The third-order valence-electron chi connectivity index (χ3n) is 10.3. The number of nitrogens with zero attached hydrogens (tertiary/aromatic N) is 10. The van der Waals surface area contributed by atoms with Crippen molar-refractivity contribution in [3.63, 3.8) is 0 Å². The highest BCUT2D eigenvalue weighted by molar-refractivity contribution is 6.13. The molecule has 10 aromatic rings. The molecule has 5 aromatic heterocycles. The molecule has 0 unspecified atom stereocenters. The molecule has 10 rings (SSSR count). The van der Waals surface area contributed by atoms with Gasteiger partial charge in [-0.3, -0.25) is 4.98 Å². The summed E-state index contributed by atoms with van der Waals surface area (Å²) in [6.07, 6.45) is 3.53. The number of aryl methyl sites for hydroxylation is 4. The van der Waals surface area contributed by atoms with Crippen LogP contribution in [-0.4, -0.2) is 44.0 Å². The number of rotatable bonds is 5. The Morgan fingerprint density at radius 3 is 1.38 bits per heavy atom. The molecule has 10 heteroatoms. The topological polar surface area (TPSA) is 104 Å². The van der Waals surface area contributed by atoms with Crippen molar-refractivity contribution in [2.75, 3.05) is 0 Å². The molecule has 0 aliphatic heterocycles. The molecule has 0 spiro atoms. The first-order chi connectivity index (χ1) is 27.3. The quantitative estimate of drug-likeness (QED) is 0.163. The zero-order chi connectivity index (χ0) is 38.1. The monoisotopic (exact) mass is 724 g/mol. The van der Waals surface area contributed by atoms with Crippen LogP contribution < -0.4 is 0 Å². The lowest BCUT2D eigenvalue weighted by atomic mass is 10.0. The van der Waals surface area contributed by atoms with Crippen LogP contribution >= 0.6 is 0 Å². The van der Waals surface area contributed by atoms with E-state index >= 15 is 0 Å². The van der Waals surface area contributed by atoms with Crippen molar-refractivity contribution in [2.45, 2.75) is 27.7 Å². The highest BCUT2D eigenvalue weighted by Gasteiger charge is 2.23. The highest BCUT2D eigenvalue weighted by Crippen LogP contribution is 2.44.